The van der Waals surface area contributed by atoms with E-state index in [4.69, 9.17) is 4.52 Å². The fraction of sp³-hybridized carbons (Fsp3) is 0.526. The van der Waals surface area contributed by atoms with Crippen LogP contribution >= 0.6 is 0 Å². The first-order chi connectivity index (χ1) is 11.7. The largest absolute Gasteiger partial charge is 0.335 e. The lowest BCUT2D eigenvalue weighted by molar-refractivity contribution is 0.0390. The predicted molar refractivity (Wildman–Crippen MR) is 90.5 cm³/mol. The van der Waals surface area contributed by atoms with Crippen LogP contribution < -0.4 is 0 Å². The van der Waals surface area contributed by atoms with Crippen molar-refractivity contribution < 1.29 is 9.32 Å². The topological polar surface area (TPSA) is 59.2 Å². The van der Waals surface area contributed by atoms with Crippen LogP contribution in [0.4, 0.5) is 0 Å². The van der Waals surface area contributed by atoms with Crippen molar-refractivity contribution in [3.63, 3.8) is 0 Å². The third-order valence-electron chi connectivity index (χ3n) is 5.41. The number of amides is 1. The quantitative estimate of drug-likeness (QED) is 0.842. The summed E-state index contributed by atoms with van der Waals surface area (Å²) in [5.41, 5.74) is 1.60. The van der Waals surface area contributed by atoms with Crippen LogP contribution in [0.3, 0.4) is 0 Å². The number of nitrogens with zero attached hydrogens (tertiary/aromatic N) is 3. The number of carbonyl (C=O) groups is 1. The van der Waals surface area contributed by atoms with E-state index in [9.17, 15) is 4.79 Å². The van der Waals surface area contributed by atoms with E-state index in [1.165, 1.54) is 25.7 Å². The Morgan fingerprint density at radius 2 is 1.88 bits per heavy atom. The highest BCUT2D eigenvalue weighted by Crippen LogP contribution is 2.36. The predicted octanol–water partition coefficient (Wildman–Crippen LogP) is 3.84. The first-order valence-corrected chi connectivity index (χ1v) is 8.94. The van der Waals surface area contributed by atoms with Crippen LogP contribution in [-0.2, 0) is 0 Å². The van der Waals surface area contributed by atoms with Crippen LogP contribution in [0.2, 0.25) is 0 Å². The lowest BCUT2D eigenvalue weighted by Crippen LogP contribution is -2.49. The Balaban J connectivity index is 1.53. The zero-order chi connectivity index (χ0) is 16.5. The summed E-state index contributed by atoms with van der Waals surface area (Å²) in [6.07, 6.45) is 7.43. The van der Waals surface area contributed by atoms with Gasteiger partial charge in [0.05, 0.1) is 0 Å². The normalized spacial score (nSPS) is 23.8. The molecule has 2 aliphatic rings. The molecule has 5 heteroatoms. The molecule has 5 nitrogen and oxygen atoms in total. The van der Waals surface area contributed by atoms with Gasteiger partial charge in [0, 0.05) is 23.7 Å². The van der Waals surface area contributed by atoms with E-state index in [0.717, 1.165) is 30.5 Å². The fourth-order valence-electron chi connectivity index (χ4n) is 4.21. The second-order valence-corrected chi connectivity index (χ2v) is 6.98. The van der Waals surface area contributed by atoms with Crippen molar-refractivity contribution in [2.24, 2.45) is 5.92 Å². The van der Waals surface area contributed by atoms with E-state index in [1.807, 2.05) is 24.3 Å². The summed E-state index contributed by atoms with van der Waals surface area (Å²) in [6, 6.07) is 7.98. The second-order valence-electron chi connectivity index (χ2n) is 6.98. The Hall–Kier alpha value is -2.17. The molecule has 2 heterocycles. The molecule has 1 aromatic heterocycles. The van der Waals surface area contributed by atoms with Crippen molar-refractivity contribution in [3.8, 4) is 11.5 Å². The maximum atomic E-state index is 13.0. The van der Waals surface area contributed by atoms with Gasteiger partial charge in [0.2, 0.25) is 0 Å². The number of aromatic nitrogens is 2. The number of piperidine rings is 1. The van der Waals surface area contributed by atoms with Crippen LogP contribution in [0.5, 0.6) is 0 Å². The standard InChI is InChI=1S/C19H23N3O2/c1-13-20-18(24-21-13)15-8-10-16(11-9-15)19(23)22-12-4-6-14-5-2-3-7-17(14)22/h8-11,14,17H,2-7,12H2,1H3. The first-order valence-electron chi connectivity index (χ1n) is 8.94. The molecule has 1 aliphatic heterocycles. The molecular formula is C19H23N3O2. The molecule has 1 amide bonds. The monoisotopic (exact) mass is 325 g/mol. The molecule has 0 spiro atoms. The molecule has 2 atom stereocenters. The van der Waals surface area contributed by atoms with E-state index < -0.39 is 0 Å². The number of rotatable bonds is 2. The van der Waals surface area contributed by atoms with Crippen molar-refractivity contribution in [3.05, 3.63) is 35.7 Å². The van der Waals surface area contributed by atoms with Gasteiger partial charge in [0.1, 0.15) is 0 Å². The van der Waals surface area contributed by atoms with Gasteiger partial charge in [-0.05, 0) is 62.8 Å². The van der Waals surface area contributed by atoms with Crippen molar-refractivity contribution in [1.29, 1.82) is 0 Å². The molecule has 2 unspecified atom stereocenters. The SMILES string of the molecule is Cc1noc(-c2ccc(C(=O)N3CCCC4CCCCC43)cc2)n1. The highest BCUT2D eigenvalue weighted by molar-refractivity contribution is 5.95. The van der Waals surface area contributed by atoms with Crippen LogP contribution in [0.25, 0.3) is 11.5 Å². The van der Waals surface area contributed by atoms with Crippen LogP contribution in [-0.4, -0.2) is 33.5 Å². The minimum absolute atomic E-state index is 0.167. The Bertz CT molecular complexity index is 720. The third-order valence-corrected chi connectivity index (χ3v) is 5.41. The number of aryl methyl sites for hydroxylation is 1. The van der Waals surface area contributed by atoms with E-state index in [0.29, 0.717) is 23.7 Å². The molecule has 1 aliphatic carbocycles. The lowest BCUT2D eigenvalue weighted by atomic mass is 9.78. The summed E-state index contributed by atoms with van der Waals surface area (Å²) in [4.78, 5) is 19.3. The van der Waals surface area contributed by atoms with Gasteiger partial charge in [0.15, 0.2) is 5.82 Å². The minimum atomic E-state index is 0.167. The molecular weight excluding hydrogens is 302 g/mol. The molecule has 1 aromatic carbocycles. The minimum Gasteiger partial charge on any atom is -0.335 e. The van der Waals surface area contributed by atoms with Crippen molar-refractivity contribution in [2.45, 2.75) is 51.5 Å². The average Bonchev–Trinajstić information content (AvgIpc) is 3.07. The van der Waals surface area contributed by atoms with Crippen molar-refractivity contribution in [1.82, 2.24) is 15.0 Å². The first kappa shape index (κ1) is 15.4. The van der Waals surface area contributed by atoms with E-state index in [-0.39, 0.29) is 5.91 Å². The molecule has 0 N–H and O–H groups in total. The summed E-state index contributed by atoms with van der Waals surface area (Å²) in [5, 5.41) is 3.81. The van der Waals surface area contributed by atoms with Gasteiger partial charge in [-0.2, -0.15) is 4.98 Å². The molecule has 4 rings (SSSR count). The zero-order valence-electron chi connectivity index (χ0n) is 14.1. The highest BCUT2D eigenvalue weighted by Gasteiger charge is 2.35. The van der Waals surface area contributed by atoms with E-state index >= 15 is 0 Å². The highest BCUT2D eigenvalue weighted by atomic mass is 16.5. The lowest BCUT2D eigenvalue weighted by Gasteiger charge is -2.44. The van der Waals surface area contributed by atoms with Gasteiger partial charge in [0.25, 0.3) is 11.8 Å². The van der Waals surface area contributed by atoms with E-state index in [2.05, 4.69) is 15.0 Å². The maximum absolute atomic E-state index is 13.0. The summed E-state index contributed by atoms with van der Waals surface area (Å²) >= 11 is 0. The Kier molecular flexibility index (Phi) is 4.08. The van der Waals surface area contributed by atoms with Gasteiger partial charge >= 0.3 is 0 Å². The van der Waals surface area contributed by atoms with Gasteiger partial charge in [-0.1, -0.05) is 18.0 Å². The van der Waals surface area contributed by atoms with Crippen molar-refractivity contribution in [2.75, 3.05) is 6.54 Å². The number of benzene rings is 1. The third kappa shape index (κ3) is 2.83. The number of hydrogen-bond donors (Lipinski definition) is 0. The summed E-state index contributed by atoms with van der Waals surface area (Å²) < 4.78 is 5.18. The summed E-state index contributed by atoms with van der Waals surface area (Å²) in [7, 11) is 0. The van der Waals surface area contributed by atoms with Gasteiger partial charge in [-0.3, -0.25) is 4.79 Å². The summed E-state index contributed by atoms with van der Waals surface area (Å²) in [5.74, 6) is 1.98. The fourth-order valence-corrected chi connectivity index (χ4v) is 4.21. The van der Waals surface area contributed by atoms with Gasteiger partial charge < -0.3 is 9.42 Å². The van der Waals surface area contributed by atoms with Crippen LogP contribution in [0, 0.1) is 12.8 Å². The average molecular weight is 325 g/mol. The van der Waals surface area contributed by atoms with Gasteiger partial charge in [-0.25, -0.2) is 0 Å². The molecule has 2 fully saturated rings. The van der Waals surface area contributed by atoms with Crippen LogP contribution in [0.1, 0.15) is 54.7 Å². The number of carbonyl (C=O) groups excluding carboxylic acids is 1. The maximum Gasteiger partial charge on any atom is 0.257 e. The van der Waals surface area contributed by atoms with Crippen LogP contribution in [0.15, 0.2) is 28.8 Å². The Labute approximate surface area is 142 Å². The number of fused-ring (bicyclic) bond motifs is 1. The van der Waals surface area contributed by atoms with Crippen molar-refractivity contribution >= 4 is 5.91 Å². The molecule has 1 saturated carbocycles. The molecule has 1 saturated heterocycles. The second kappa shape index (κ2) is 6.38. The zero-order valence-corrected chi connectivity index (χ0v) is 14.1. The van der Waals surface area contributed by atoms with Gasteiger partial charge in [-0.15, -0.1) is 0 Å². The molecule has 0 radical (unpaired) electrons. The van der Waals surface area contributed by atoms with E-state index in [1.54, 1.807) is 6.92 Å². The Morgan fingerprint density at radius 3 is 2.62 bits per heavy atom. The molecule has 24 heavy (non-hydrogen) atoms. The summed E-state index contributed by atoms with van der Waals surface area (Å²) in [6.45, 7) is 2.69. The molecule has 126 valence electrons. The number of hydrogen-bond acceptors (Lipinski definition) is 4. The smallest absolute Gasteiger partial charge is 0.257 e. The molecule has 2 aromatic rings. The molecule has 0 bridgehead atoms. The number of likely N-dealkylation sites (tertiary alicyclic amines) is 1. The Morgan fingerprint density at radius 1 is 1.12 bits per heavy atom.